The third-order valence-electron chi connectivity index (χ3n) is 6.10. The predicted octanol–water partition coefficient (Wildman–Crippen LogP) is 1.45. The Morgan fingerprint density at radius 3 is 2.59 bits per heavy atom. The second kappa shape index (κ2) is 9.03. The molecular formula is C22H27ClN6O4S. The largest absolute Gasteiger partial charge is 0.368 e. The van der Waals surface area contributed by atoms with Gasteiger partial charge in [0.05, 0.1) is 0 Å². The van der Waals surface area contributed by atoms with Gasteiger partial charge in [-0.1, -0.05) is 23.7 Å². The van der Waals surface area contributed by atoms with Crippen LogP contribution in [0.1, 0.15) is 44.9 Å². The van der Waals surface area contributed by atoms with Crippen LogP contribution >= 0.6 is 11.6 Å². The molecule has 2 amide bonds. The number of benzene rings is 1. The Balaban J connectivity index is 1.48. The van der Waals surface area contributed by atoms with Gasteiger partial charge in [-0.25, -0.2) is 8.42 Å². The number of aromatic nitrogens is 2. The first-order chi connectivity index (χ1) is 16.0. The molecule has 1 aromatic heterocycles. The van der Waals surface area contributed by atoms with Crippen LogP contribution in [0.15, 0.2) is 28.7 Å². The summed E-state index contributed by atoms with van der Waals surface area (Å²) in [5.41, 5.74) is 1.99. The van der Waals surface area contributed by atoms with E-state index in [1.54, 1.807) is 38.2 Å². The maximum Gasteiger partial charge on any atom is 0.272 e. The SMILES string of the molecule is CN(C)C=NS(=O)(=O)C1(CN2CCc3c(C(=O)NCc4ccc(Cl)cc4)nn(C)c3C2=O)CC1. The molecule has 1 aliphatic carbocycles. The van der Waals surface area contributed by atoms with E-state index in [1.807, 2.05) is 12.1 Å². The lowest BCUT2D eigenvalue weighted by atomic mass is 10.0. The first kappa shape index (κ1) is 24.2. The van der Waals surface area contributed by atoms with E-state index in [4.69, 9.17) is 11.6 Å². The minimum Gasteiger partial charge on any atom is -0.368 e. The average Bonchev–Trinajstić information content (AvgIpc) is 3.50. The highest BCUT2D eigenvalue weighted by Gasteiger charge is 2.56. The van der Waals surface area contributed by atoms with Gasteiger partial charge in [-0.2, -0.15) is 9.50 Å². The van der Waals surface area contributed by atoms with Crippen molar-refractivity contribution in [2.24, 2.45) is 11.4 Å². The molecular weight excluding hydrogens is 480 g/mol. The summed E-state index contributed by atoms with van der Waals surface area (Å²) in [5.74, 6) is -0.696. The lowest BCUT2D eigenvalue weighted by molar-refractivity contribution is 0.0724. The number of sulfonamides is 1. The highest BCUT2D eigenvalue weighted by Crippen LogP contribution is 2.45. The van der Waals surface area contributed by atoms with Crippen molar-refractivity contribution in [3.8, 4) is 0 Å². The highest BCUT2D eigenvalue weighted by atomic mass is 35.5. The molecule has 4 rings (SSSR count). The lowest BCUT2D eigenvalue weighted by Gasteiger charge is -2.30. The molecule has 1 N–H and O–H groups in total. The number of carbonyl (C=O) groups excluding carboxylic acids is 2. The van der Waals surface area contributed by atoms with Crippen molar-refractivity contribution >= 4 is 39.8 Å². The molecule has 34 heavy (non-hydrogen) atoms. The van der Waals surface area contributed by atoms with Crippen molar-refractivity contribution in [3.05, 3.63) is 51.8 Å². The number of hydrogen-bond donors (Lipinski definition) is 1. The standard InChI is InChI=1S/C22H27ClN6O4S/c1-27(2)14-25-34(32,33)22(9-10-22)13-29-11-8-17-18(26-28(3)19(17)21(29)31)20(30)24-12-15-4-6-16(23)7-5-15/h4-7,14H,8-13H2,1-3H3,(H,24,30). The summed E-state index contributed by atoms with van der Waals surface area (Å²) >= 11 is 5.90. The van der Waals surface area contributed by atoms with E-state index in [0.717, 1.165) is 5.56 Å². The number of carbonyl (C=O) groups is 2. The number of nitrogens with one attached hydrogen (secondary N) is 1. The molecule has 1 fully saturated rings. The monoisotopic (exact) mass is 506 g/mol. The lowest BCUT2D eigenvalue weighted by Crippen LogP contribution is -2.46. The second-order valence-electron chi connectivity index (χ2n) is 8.93. The van der Waals surface area contributed by atoms with E-state index in [-0.39, 0.29) is 24.1 Å². The molecule has 0 unspecified atom stereocenters. The van der Waals surface area contributed by atoms with Gasteiger partial charge in [0.25, 0.3) is 21.8 Å². The molecule has 0 atom stereocenters. The third kappa shape index (κ3) is 4.67. The number of aryl methyl sites for hydroxylation is 1. The molecule has 1 saturated carbocycles. The zero-order valence-corrected chi connectivity index (χ0v) is 20.9. The fraction of sp³-hybridized carbons (Fsp3) is 0.455. The predicted molar refractivity (Wildman–Crippen MR) is 129 cm³/mol. The average molecular weight is 507 g/mol. The first-order valence-corrected chi connectivity index (χ1v) is 12.7. The third-order valence-corrected chi connectivity index (χ3v) is 8.35. The summed E-state index contributed by atoms with van der Waals surface area (Å²) in [7, 11) is 1.24. The Kier molecular flexibility index (Phi) is 6.43. The molecule has 0 bridgehead atoms. The smallest absolute Gasteiger partial charge is 0.272 e. The van der Waals surface area contributed by atoms with E-state index in [9.17, 15) is 18.0 Å². The van der Waals surface area contributed by atoms with Gasteiger partial charge in [-0.15, -0.1) is 0 Å². The van der Waals surface area contributed by atoms with Crippen LogP contribution < -0.4 is 5.32 Å². The number of halogens is 1. The molecule has 2 aromatic rings. The minimum absolute atomic E-state index is 0.0711. The number of hydrogen-bond acceptors (Lipinski definition) is 5. The molecule has 1 aromatic carbocycles. The Morgan fingerprint density at radius 1 is 1.29 bits per heavy atom. The van der Waals surface area contributed by atoms with Crippen molar-refractivity contribution < 1.29 is 18.0 Å². The molecule has 12 heteroatoms. The van der Waals surface area contributed by atoms with E-state index < -0.39 is 14.8 Å². The zero-order valence-electron chi connectivity index (χ0n) is 19.3. The number of fused-ring (bicyclic) bond motifs is 1. The van der Waals surface area contributed by atoms with Gasteiger partial charge in [-0.05, 0) is 37.0 Å². The van der Waals surface area contributed by atoms with Crippen LogP contribution in [0.4, 0.5) is 0 Å². The number of amides is 2. The number of rotatable bonds is 8. The molecule has 2 heterocycles. The Morgan fingerprint density at radius 2 is 1.97 bits per heavy atom. The summed E-state index contributed by atoms with van der Waals surface area (Å²) in [5, 5.41) is 7.75. The molecule has 182 valence electrons. The fourth-order valence-corrected chi connectivity index (χ4v) is 5.62. The molecule has 0 radical (unpaired) electrons. The van der Waals surface area contributed by atoms with Gasteiger partial charge in [0.2, 0.25) is 0 Å². The fourth-order valence-electron chi connectivity index (χ4n) is 4.02. The van der Waals surface area contributed by atoms with Crippen LogP contribution in [0.25, 0.3) is 0 Å². The van der Waals surface area contributed by atoms with Crippen molar-refractivity contribution in [1.29, 1.82) is 0 Å². The van der Waals surface area contributed by atoms with Crippen molar-refractivity contribution in [3.63, 3.8) is 0 Å². The Bertz CT molecular complexity index is 1250. The maximum atomic E-state index is 13.3. The van der Waals surface area contributed by atoms with Gasteiger partial charge in [-0.3, -0.25) is 14.3 Å². The van der Waals surface area contributed by atoms with E-state index in [1.165, 1.54) is 15.9 Å². The summed E-state index contributed by atoms with van der Waals surface area (Å²) < 4.78 is 29.7. The quantitative estimate of drug-likeness (QED) is 0.428. The summed E-state index contributed by atoms with van der Waals surface area (Å²) in [6.45, 7) is 0.681. The van der Waals surface area contributed by atoms with Crippen LogP contribution in [0.2, 0.25) is 5.02 Å². The summed E-state index contributed by atoms with van der Waals surface area (Å²) in [6, 6.07) is 7.14. The zero-order chi connectivity index (χ0) is 24.7. The first-order valence-electron chi connectivity index (χ1n) is 10.9. The van der Waals surface area contributed by atoms with Crippen molar-refractivity contribution in [1.82, 2.24) is 24.9 Å². The van der Waals surface area contributed by atoms with Gasteiger partial charge in [0.15, 0.2) is 5.69 Å². The van der Waals surface area contributed by atoms with Crippen LogP contribution in [0, 0.1) is 0 Å². The van der Waals surface area contributed by atoms with E-state index >= 15 is 0 Å². The molecule has 10 nitrogen and oxygen atoms in total. The molecule has 1 aliphatic heterocycles. The highest BCUT2D eigenvalue weighted by molar-refractivity contribution is 7.92. The van der Waals surface area contributed by atoms with E-state index in [2.05, 4.69) is 14.8 Å². The van der Waals surface area contributed by atoms with Gasteiger partial charge < -0.3 is 15.1 Å². The van der Waals surface area contributed by atoms with E-state index in [0.29, 0.717) is 48.6 Å². The second-order valence-corrected chi connectivity index (χ2v) is 11.4. The molecule has 0 spiro atoms. The van der Waals surface area contributed by atoms with Gasteiger partial charge >= 0.3 is 0 Å². The minimum atomic E-state index is -3.76. The number of nitrogens with zero attached hydrogens (tertiary/aromatic N) is 5. The Labute approximate surface area is 203 Å². The molecule has 2 aliphatic rings. The molecule has 0 saturated heterocycles. The van der Waals surface area contributed by atoms with Gasteiger partial charge in [0, 0.05) is 51.4 Å². The van der Waals surface area contributed by atoms with Crippen molar-refractivity contribution in [2.45, 2.75) is 30.6 Å². The normalized spacial score (nSPS) is 17.1. The van der Waals surface area contributed by atoms with Crippen LogP contribution in [0.3, 0.4) is 0 Å². The topological polar surface area (TPSA) is 117 Å². The summed E-state index contributed by atoms with van der Waals surface area (Å²) in [4.78, 5) is 29.2. The maximum absolute atomic E-state index is 13.3. The van der Waals surface area contributed by atoms with Crippen molar-refractivity contribution in [2.75, 3.05) is 27.2 Å². The van der Waals surface area contributed by atoms with Crippen LogP contribution in [0.5, 0.6) is 0 Å². The van der Waals surface area contributed by atoms with Crippen LogP contribution in [-0.4, -0.2) is 78.1 Å². The van der Waals surface area contributed by atoms with Gasteiger partial charge in [0.1, 0.15) is 16.8 Å². The van der Waals surface area contributed by atoms with Crippen LogP contribution in [-0.2, 0) is 30.0 Å². The summed E-state index contributed by atoms with van der Waals surface area (Å²) in [6.07, 6.45) is 2.60. The Hall–Kier alpha value is -2.92.